The maximum atomic E-state index is 0. The van der Waals surface area contributed by atoms with E-state index in [1.165, 1.54) is 0 Å². The summed E-state index contributed by atoms with van der Waals surface area (Å²) in [4.78, 5) is 0. The first-order chi connectivity index (χ1) is 0. The van der Waals surface area contributed by atoms with Gasteiger partial charge in [-0.05, 0) is 0 Å². The summed E-state index contributed by atoms with van der Waals surface area (Å²) in [6, 6.07) is 0. The Balaban J connectivity index is 0. The topological polar surface area (TPSA) is 35.0 Å². The van der Waals surface area contributed by atoms with Crippen molar-refractivity contribution in [3.8, 4) is 0 Å². The maximum absolute atomic E-state index is 0. The fourth-order valence-electron chi connectivity index (χ4n) is 0. The van der Waals surface area contributed by atoms with Crippen LogP contribution in [0.2, 0.25) is 0 Å². The van der Waals surface area contributed by atoms with Crippen LogP contribution in [0.5, 0.6) is 0 Å². The van der Waals surface area contributed by atoms with E-state index in [9.17, 15) is 0 Å². The van der Waals surface area contributed by atoms with Crippen LogP contribution in [0.4, 0.5) is 0 Å². The van der Waals surface area contributed by atoms with Gasteiger partial charge >= 0.3 is 41.3 Å². The van der Waals surface area contributed by atoms with E-state index in [0.29, 0.717) is 0 Å². The molecule has 0 aliphatic rings. The molecule has 3 N–H and O–H groups in total. The van der Waals surface area contributed by atoms with Gasteiger partial charge in [-0.15, -0.1) is 0 Å². The van der Waals surface area contributed by atoms with Gasteiger partial charge in [-0.25, -0.2) is 0 Å². The Kier molecular flexibility index (Phi) is 407. The van der Waals surface area contributed by atoms with Crippen molar-refractivity contribution in [2.45, 2.75) is 7.43 Å². The molecule has 0 amide bonds. The molecule has 0 aliphatic carbocycles. The van der Waals surface area contributed by atoms with E-state index < -0.39 is 0 Å². The number of hydrogen-bond donors (Lipinski definition) is 1. The summed E-state index contributed by atoms with van der Waals surface area (Å²) in [5.41, 5.74) is 0. The van der Waals surface area contributed by atoms with Crippen LogP contribution >= 0.6 is 0 Å². The first-order valence-corrected chi connectivity index (χ1v) is 0. The summed E-state index contributed by atoms with van der Waals surface area (Å²) in [7, 11) is 0. The Labute approximate surface area is 54.8 Å². The van der Waals surface area contributed by atoms with Crippen molar-refractivity contribution < 1.29 is 0 Å². The second kappa shape index (κ2) is 27.9. The van der Waals surface area contributed by atoms with Gasteiger partial charge in [0.1, 0.15) is 0 Å². The van der Waals surface area contributed by atoms with Gasteiger partial charge in [0.2, 0.25) is 0 Å². The second-order valence-electron chi connectivity index (χ2n) is 0. The van der Waals surface area contributed by atoms with Crippen LogP contribution in [0.3, 0.4) is 0 Å². The van der Waals surface area contributed by atoms with Gasteiger partial charge < -0.3 is 6.15 Å². The summed E-state index contributed by atoms with van der Waals surface area (Å²) in [6.45, 7) is 0. The van der Waals surface area contributed by atoms with Gasteiger partial charge in [-0.3, -0.25) is 0 Å². The molecule has 0 saturated heterocycles. The van der Waals surface area contributed by atoms with Crippen molar-refractivity contribution >= 4 is 41.3 Å². The van der Waals surface area contributed by atoms with E-state index in [0.717, 1.165) is 0 Å². The molecule has 0 bridgehead atoms. The summed E-state index contributed by atoms with van der Waals surface area (Å²) >= 11 is 0. The predicted molar refractivity (Wildman–Crippen MR) is 31.6 cm³/mol. The van der Waals surface area contributed by atoms with Crippen molar-refractivity contribution in [3.63, 3.8) is 0 Å². The van der Waals surface area contributed by atoms with E-state index in [1.807, 2.05) is 0 Å². The van der Waals surface area contributed by atoms with Gasteiger partial charge in [0.05, 0.1) is 0 Å². The average Bonchev–Trinajstić information content (AvgIpc) is 0. The molecule has 0 heterocycles. The Morgan fingerprint density at radius 2 is 1.00 bits per heavy atom. The normalized spacial score (nSPS) is 0. The quantitative estimate of drug-likeness (QED) is 0.509. The molecule has 0 saturated carbocycles. The monoisotopic (exact) mass is 243 g/mol. The third-order valence-corrected chi connectivity index (χ3v) is 0. The van der Waals surface area contributed by atoms with Crippen molar-refractivity contribution in [2.75, 3.05) is 0 Å². The van der Waals surface area contributed by atoms with Crippen LogP contribution in [0.1, 0.15) is 7.43 Å². The van der Waals surface area contributed by atoms with Crippen molar-refractivity contribution in [1.29, 1.82) is 0 Å². The molecular formula is CH13GeNTe. The molecule has 0 aromatic carbocycles. The molecule has 0 rings (SSSR count). The van der Waals surface area contributed by atoms with Crippen LogP contribution in [-0.4, -0.2) is 41.3 Å². The summed E-state index contributed by atoms with van der Waals surface area (Å²) < 4.78 is 0. The molecule has 0 fully saturated rings. The van der Waals surface area contributed by atoms with Crippen LogP contribution in [0, 0.1) is 0 Å². The van der Waals surface area contributed by atoms with Crippen molar-refractivity contribution in [2.24, 2.45) is 0 Å². The van der Waals surface area contributed by atoms with Crippen molar-refractivity contribution in [3.05, 3.63) is 0 Å². The minimum absolute atomic E-state index is 0. The van der Waals surface area contributed by atoms with E-state index >= 15 is 0 Å². The Hall–Kier alpha value is 1.29. The molecule has 4 heavy (non-hydrogen) atoms. The zero-order chi connectivity index (χ0) is 0. The first-order valence-electron chi connectivity index (χ1n) is 0. The zero-order valence-electron chi connectivity index (χ0n) is 1.21. The number of rotatable bonds is 0. The van der Waals surface area contributed by atoms with Crippen LogP contribution in [-0.2, 0) is 0 Å². The molecule has 0 aromatic rings. The van der Waals surface area contributed by atoms with E-state index in [2.05, 4.69) is 0 Å². The zero-order valence-corrected chi connectivity index (χ0v) is 4.06. The predicted octanol–water partition coefficient (Wildman–Crippen LogP) is -1.57. The molecule has 1 nitrogen and oxygen atoms in total. The summed E-state index contributed by atoms with van der Waals surface area (Å²) in [5, 5.41) is 0. The van der Waals surface area contributed by atoms with E-state index in [4.69, 9.17) is 0 Å². The molecule has 32 valence electrons. The minimum atomic E-state index is 0. The number of hydrogen-bond acceptors (Lipinski definition) is 1. The second-order valence-corrected chi connectivity index (χ2v) is 0. The van der Waals surface area contributed by atoms with Gasteiger partial charge in [-0.1, -0.05) is 7.43 Å². The molecule has 0 atom stereocenters. The van der Waals surface area contributed by atoms with Crippen LogP contribution < -0.4 is 6.15 Å². The first kappa shape index (κ1) is 58.4. The Morgan fingerprint density at radius 3 is 1.00 bits per heavy atom. The van der Waals surface area contributed by atoms with Gasteiger partial charge in [0.25, 0.3) is 0 Å². The SMILES string of the molecule is C.N.[GeH4].[TeH2]. The fraction of sp³-hybridized carbons (Fsp3) is 1.00. The molecule has 0 unspecified atom stereocenters. The fourth-order valence-corrected chi connectivity index (χ4v) is 0. The standard InChI is InChI=1S/CH4.GeH4.H3N.H2Te/h2*1H4;1H3;1H2. The van der Waals surface area contributed by atoms with Gasteiger partial charge in [0, 0.05) is 0 Å². The van der Waals surface area contributed by atoms with E-state index in [1.54, 1.807) is 0 Å². The molecule has 0 radical (unpaired) electrons. The molecule has 0 aromatic heterocycles. The molecule has 0 aliphatic heterocycles. The van der Waals surface area contributed by atoms with E-state index in [-0.39, 0.29) is 54.8 Å². The Morgan fingerprint density at radius 1 is 1.00 bits per heavy atom. The summed E-state index contributed by atoms with van der Waals surface area (Å²) in [5.74, 6) is 0. The summed E-state index contributed by atoms with van der Waals surface area (Å²) in [6.07, 6.45) is 0. The van der Waals surface area contributed by atoms with Gasteiger partial charge in [-0.2, -0.15) is 0 Å². The third kappa shape index (κ3) is 10.4. The third-order valence-electron chi connectivity index (χ3n) is 0. The van der Waals surface area contributed by atoms with Crippen LogP contribution in [0.15, 0.2) is 0 Å². The van der Waals surface area contributed by atoms with Crippen LogP contribution in [0.25, 0.3) is 0 Å². The molecular weight excluding hydrogens is 226 g/mol. The average molecular weight is 239 g/mol. The molecule has 0 spiro atoms. The van der Waals surface area contributed by atoms with Crippen molar-refractivity contribution in [1.82, 2.24) is 6.15 Å². The van der Waals surface area contributed by atoms with Gasteiger partial charge in [0.15, 0.2) is 0 Å². The molecule has 3 heteroatoms. The Bertz CT molecular complexity index is 8.00.